The number of rotatable bonds is 6. The monoisotopic (exact) mass is 430 g/mol. The second-order valence-electron chi connectivity index (χ2n) is 8.21. The number of quaternary nitrogens is 1. The number of nitrogens with zero attached hydrogens (tertiary/aromatic N) is 3. The van der Waals surface area contributed by atoms with E-state index in [4.69, 9.17) is 14.7 Å². The van der Waals surface area contributed by atoms with Gasteiger partial charge in [-0.3, -0.25) is 14.8 Å². The van der Waals surface area contributed by atoms with Gasteiger partial charge < -0.3 is 26.9 Å². The van der Waals surface area contributed by atoms with Crippen molar-refractivity contribution in [3.63, 3.8) is 0 Å². The highest BCUT2D eigenvalue weighted by Gasteiger charge is 2.49. The summed E-state index contributed by atoms with van der Waals surface area (Å²) in [5, 5.41) is 0. The molecule has 1 amide bonds. The standard InChI is InChI=1S/C23H30N4O2.ClH/c1-19(26-14-16-29-17-15-26)18-23(20-8-2-4-10-24-20,21-9-3-5-11-25-21)22(28)27-12-6-7-13-27;/h2-5,8-11,19H,6-7,12-18H2,1H3;1H. The Hall–Kier alpha value is -2.02. The van der Waals surface area contributed by atoms with Crippen LogP contribution in [0.15, 0.2) is 48.8 Å². The molecule has 2 aromatic rings. The summed E-state index contributed by atoms with van der Waals surface area (Å²) in [7, 11) is 0. The van der Waals surface area contributed by atoms with Crippen LogP contribution in [0.2, 0.25) is 0 Å². The van der Waals surface area contributed by atoms with Crippen molar-refractivity contribution in [3.05, 3.63) is 60.2 Å². The number of halogens is 1. The Morgan fingerprint density at radius 2 is 1.63 bits per heavy atom. The molecule has 0 radical (unpaired) electrons. The molecule has 0 spiro atoms. The third kappa shape index (κ3) is 4.51. The van der Waals surface area contributed by atoms with Gasteiger partial charge in [0.2, 0.25) is 5.91 Å². The fourth-order valence-electron chi connectivity index (χ4n) is 4.80. The first kappa shape index (κ1) is 22.7. The van der Waals surface area contributed by atoms with Crippen molar-refractivity contribution in [1.29, 1.82) is 0 Å². The molecule has 30 heavy (non-hydrogen) atoms. The average Bonchev–Trinajstić information content (AvgIpc) is 3.34. The lowest BCUT2D eigenvalue weighted by Crippen LogP contribution is -3.17. The third-order valence-corrected chi connectivity index (χ3v) is 6.41. The van der Waals surface area contributed by atoms with Gasteiger partial charge in [0.15, 0.2) is 0 Å². The average molecular weight is 431 g/mol. The van der Waals surface area contributed by atoms with Gasteiger partial charge in [-0.15, -0.1) is 0 Å². The fourth-order valence-corrected chi connectivity index (χ4v) is 4.80. The molecule has 2 aliphatic rings. The summed E-state index contributed by atoms with van der Waals surface area (Å²) in [5.41, 5.74) is 0.739. The molecule has 0 bridgehead atoms. The number of aromatic nitrogens is 2. The predicted octanol–water partition coefficient (Wildman–Crippen LogP) is -1.92. The third-order valence-electron chi connectivity index (χ3n) is 6.41. The molecule has 2 aliphatic heterocycles. The lowest BCUT2D eigenvalue weighted by atomic mass is 9.73. The summed E-state index contributed by atoms with van der Waals surface area (Å²) >= 11 is 0. The molecule has 1 atom stereocenters. The molecule has 0 aromatic carbocycles. The number of carbonyl (C=O) groups excluding carboxylic acids is 1. The van der Waals surface area contributed by atoms with E-state index in [0.29, 0.717) is 6.42 Å². The summed E-state index contributed by atoms with van der Waals surface area (Å²) < 4.78 is 5.56. The topological polar surface area (TPSA) is 59.8 Å². The number of hydrogen-bond donors (Lipinski definition) is 1. The van der Waals surface area contributed by atoms with Crippen molar-refractivity contribution >= 4 is 5.91 Å². The molecular formula is C23H31ClN4O2. The molecule has 2 aromatic heterocycles. The molecule has 2 saturated heterocycles. The van der Waals surface area contributed by atoms with Gasteiger partial charge in [0, 0.05) is 31.9 Å². The van der Waals surface area contributed by atoms with E-state index in [1.54, 1.807) is 12.4 Å². The second kappa shape index (κ2) is 10.3. The smallest absolute Gasteiger partial charge is 0.241 e. The number of likely N-dealkylation sites (tertiary alicyclic amines) is 1. The highest BCUT2D eigenvalue weighted by atomic mass is 35.5. The summed E-state index contributed by atoms with van der Waals surface area (Å²) in [6.07, 6.45) is 6.39. The molecule has 6 nitrogen and oxygen atoms in total. The van der Waals surface area contributed by atoms with Gasteiger partial charge in [-0.25, -0.2) is 0 Å². The van der Waals surface area contributed by atoms with Crippen LogP contribution < -0.4 is 17.3 Å². The SMILES string of the molecule is CC(CC(C(=O)N1CCCC1)(c1ccccn1)c1ccccn1)[NH+]1CCOCC1.[Cl-]. The Morgan fingerprint density at radius 1 is 1.07 bits per heavy atom. The summed E-state index contributed by atoms with van der Waals surface area (Å²) in [6, 6.07) is 12.0. The molecule has 7 heteroatoms. The highest BCUT2D eigenvalue weighted by Crippen LogP contribution is 2.37. The van der Waals surface area contributed by atoms with E-state index in [2.05, 4.69) is 6.92 Å². The van der Waals surface area contributed by atoms with Crippen molar-refractivity contribution in [1.82, 2.24) is 14.9 Å². The first-order valence-electron chi connectivity index (χ1n) is 10.8. The van der Waals surface area contributed by atoms with Crippen LogP contribution >= 0.6 is 0 Å². The predicted molar refractivity (Wildman–Crippen MR) is 111 cm³/mol. The minimum atomic E-state index is -0.864. The first-order valence-corrected chi connectivity index (χ1v) is 10.8. The van der Waals surface area contributed by atoms with Crippen LogP contribution in [-0.4, -0.2) is 66.2 Å². The molecular weight excluding hydrogens is 400 g/mol. The van der Waals surface area contributed by atoms with E-state index in [-0.39, 0.29) is 24.4 Å². The number of ether oxygens (including phenoxy) is 1. The van der Waals surface area contributed by atoms with Crippen LogP contribution in [0.3, 0.4) is 0 Å². The van der Waals surface area contributed by atoms with Crippen LogP contribution in [0.4, 0.5) is 0 Å². The van der Waals surface area contributed by atoms with Crippen molar-refractivity contribution in [3.8, 4) is 0 Å². The van der Waals surface area contributed by atoms with Crippen LogP contribution in [0.25, 0.3) is 0 Å². The highest BCUT2D eigenvalue weighted by molar-refractivity contribution is 5.91. The van der Waals surface area contributed by atoms with Gasteiger partial charge >= 0.3 is 0 Å². The zero-order chi connectivity index (χ0) is 20.1. The minimum absolute atomic E-state index is 0. The molecule has 4 rings (SSSR count). The van der Waals surface area contributed by atoms with E-state index >= 15 is 0 Å². The number of amides is 1. The van der Waals surface area contributed by atoms with Crippen molar-refractivity contribution in [2.75, 3.05) is 39.4 Å². The Labute approximate surface area is 185 Å². The normalized spacial score (nSPS) is 18.6. The van der Waals surface area contributed by atoms with Crippen molar-refractivity contribution in [2.45, 2.75) is 37.6 Å². The van der Waals surface area contributed by atoms with Crippen LogP contribution in [-0.2, 0) is 14.9 Å². The van der Waals surface area contributed by atoms with Crippen molar-refractivity contribution < 1.29 is 26.8 Å². The van der Waals surface area contributed by atoms with Gasteiger partial charge in [0.25, 0.3) is 0 Å². The van der Waals surface area contributed by atoms with Crippen LogP contribution in [0.5, 0.6) is 0 Å². The molecule has 1 N–H and O–H groups in total. The lowest BCUT2D eigenvalue weighted by Gasteiger charge is -2.39. The van der Waals surface area contributed by atoms with Gasteiger partial charge in [-0.05, 0) is 44.0 Å². The first-order chi connectivity index (χ1) is 14.2. The fraction of sp³-hybridized carbons (Fsp3) is 0.522. The number of hydrogen-bond acceptors (Lipinski definition) is 4. The summed E-state index contributed by atoms with van der Waals surface area (Å²) in [4.78, 5) is 27.0. The largest absolute Gasteiger partial charge is 1.00 e. The van der Waals surface area contributed by atoms with Crippen LogP contribution in [0.1, 0.15) is 37.6 Å². The maximum absolute atomic E-state index is 14.1. The number of morpholine rings is 1. The van der Waals surface area contributed by atoms with E-state index in [1.165, 1.54) is 4.90 Å². The van der Waals surface area contributed by atoms with Crippen LogP contribution in [0, 0.1) is 0 Å². The second-order valence-corrected chi connectivity index (χ2v) is 8.21. The minimum Gasteiger partial charge on any atom is -1.00 e. The van der Waals surface area contributed by atoms with E-state index in [1.807, 2.05) is 41.3 Å². The molecule has 2 fully saturated rings. The zero-order valence-electron chi connectivity index (χ0n) is 17.6. The number of carbonyl (C=O) groups is 1. The Kier molecular flexibility index (Phi) is 7.81. The van der Waals surface area contributed by atoms with E-state index in [0.717, 1.165) is 63.6 Å². The Balaban J connectivity index is 0.00000256. The van der Waals surface area contributed by atoms with E-state index in [9.17, 15) is 4.79 Å². The van der Waals surface area contributed by atoms with Gasteiger partial charge in [0.05, 0.1) is 30.6 Å². The van der Waals surface area contributed by atoms with Gasteiger partial charge in [-0.1, -0.05) is 12.1 Å². The lowest BCUT2D eigenvalue weighted by molar-refractivity contribution is -0.931. The maximum Gasteiger partial charge on any atom is 0.241 e. The number of pyridine rings is 2. The quantitative estimate of drug-likeness (QED) is 0.580. The van der Waals surface area contributed by atoms with Gasteiger partial charge in [0.1, 0.15) is 18.5 Å². The zero-order valence-corrected chi connectivity index (χ0v) is 18.4. The maximum atomic E-state index is 14.1. The molecule has 162 valence electrons. The Morgan fingerprint density at radius 3 is 2.13 bits per heavy atom. The summed E-state index contributed by atoms with van der Waals surface area (Å²) in [6.45, 7) is 7.38. The number of nitrogens with one attached hydrogen (secondary N) is 1. The Bertz CT molecular complexity index is 754. The molecule has 0 aliphatic carbocycles. The van der Waals surface area contributed by atoms with E-state index < -0.39 is 5.41 Å². The molecule has 1 unspecified atom stereocenters. The molecule has 4 heterocycles. The summed E-state index contributed by atoms with van der Waals surface area (Å²) in [5.74, 6) is 0.145. The van der Waals surface area contributed by atoms with Gasteiger partial charge in [-0.2, -0.15) is 0 Å². The molecule has 0 saturated carbocycles. The van der Waals surface area contributed by atoms with Crippen molar-refractivity contribution in [2.24, 2.45) is 0 Å².